The molecule has 0 bridgehead atoms. The van der Waals surface area contributed by atoms with Gasteiger partial charge >= 0.3 is 0 Å². The molecule has 0 radical (unpaired) electrons. The number of amides is 1. The van der Waals surface area contributed by atoms with Gasteiger partial charge in [-0.05, 0) is 87.3 Å². The highest BCUT2D eigenvalue weighted by Gasteiger charge is 2.29. The number of carbonyl (C=O) groups excluding carboxylic acids is 1. The average molecular weight is 664 g/mol. The van der Waals surface area contributed by atoms with Crippen LogP contribution in [0.25, 0.3) is 16.3 Å². The SMILES string of the molecule is Cc1ccc(C#Cc2ccc(-c3c(CNC(=S)NC4CC4)c(C(=O)NN4CCCCC4)nn3-c3ccc(Cl)cc3Cl)s2)cc1. The first kappa shape index (κ1) is 30.6. The summed E-state index contributed by atoms with van der Waals surface area (Å²) in [6, 6.07) is 17.8. The smallest absolute Gasteiger partial charge is 0.286 e. The van der Waals surface area contributed by atoms with E-state index in [0.29, 0.717) is 44.7 Å². The monoisotopic (exact) mass is 662 g/mol. The topological polar surface area (TPSA) is 74.2 Å². The van der Waals surface area contributed by atoms with Crippen molar-refractivity contribution in [3.63, 3.8) is 0 Å². The molecule has 6 rings (SSSR count). The quantitative estimate of drug-likeness (QED) is 0.148. The van der Waals surface area contributed by atoms with Crippen LogP contribution in [0.4, 0.5) is 0 Å². The van der Waals surface area contributed by atoms with E-state index < -0.39 is 0 Å². The lowest BCUT2D eigenvalue weighted by atomic mass is 10.1. The molecule has 2 aliphatic rings. The highest BCUT2D eigenvalue weighted by atomic mass is 35.5. The fourth-order valence-corrected chi connectivity index (χ4v) is 6.66. The third-order valence-electron chi connectivity index (χ3n) is 7.51. The van der Waals surface area contributed by atoms with Gasteiger partial charge in [0.1, 0.15) is 0 Å². The summed E-state index contributed by atoms with van der Waals surface area (Å²) in [5.74, 6) is 6.28. The van der Waals surface area contributed by atoms with Gasteiger partial charge in [-0.2, -0.15) is 5.10 Å². The van der Waals surface area contributed by atoms with E-state index in [9.17, 15) is 4.79 Å². The molecule has 0 unspecified atom stereocenters. The summed E-state index contributed by atoms with van der Waals surface area (Å²) >= 11 is 20.1. The number of hydrogen-bond acceptors (Lipinski definition) is 5. The second kappa shape index (κ2) is 13.7. The molecule has 1 amide bonds. The van der Waals surface area contributed by atoms with Gasteiger partial charge in [0.2, 0.25) is 0 Å². The Balaban J connectivity index is 1.42. The molecule has 226 valence electrons. The van der Waals surface area contributed by atoms with Gasteiger partial charge in [0.25, 0.3) is 5.91 Å². The molecule has 4 aromatic rings. The number of hydrogen-bond donors (Lipinski definition) is 3. The summed E-state index contributed by atoms with van der Waals surface area (Å²) in [4.78, 5) is 15.6. The molecule has 1 aliphatic carbocycles. The van der Waals surface area contributed by atoms with Gasteiger partial charge in [0.05, 0.1) is 26.2 Å². The van der Waals surface area contributed by atoms with E-state index >= 15 is 0 Å². The molecule has 2 aromatic heterocycles. The Morgan fingerprint density at radius 3 is 2.55 bits per heavy atom. The fraction of sp³-hybridized carbons (Fsp3) is 0.303. The maximum Gasteiger partial charge on any atom is 0.286 e. The van der Waals surface area contributed by atoms with Crippen LogP contribution < -0.4 is 16.1 Å². The minimum atomic E-state index is -0.272. The highest BCUT2D eigenvalue weighted by Crippen LogP contribution is 2.36. The van der Waals surface area contributed by atoms with Gasteiger partial charge in [-0.1, -0.05) is 59.2 Å². The Labute approximate surface area is 276 Å². The Kier molecular flexibility index (Phi) is 9.55. The van der Waals surface area contributed by atoms with Crippen molar-refractivity contribution in [2.75, 3.05) is 13.1 Å². The molecule has 1 saturated heterocycles. The second-order valence-electron chi connectivity index (χ2n) is 11.1. The molecule has 3 heterocycles. The first-order valence-electron chi connectivity index (χ1n) is 14.7. The number of aryl methyl sites for hydroxylation is 1. The van der Waals surface area contributed by atoms with Crippen molar-refractivity contribution in [1.82, 2.24) is 30.8 Å². The number of nitrogens with zero attached hydrogens (tertiary/aromatic N) is 3. The van der Waals surface area contributed by atoms with E-state index in [1.54, 1.807) is 16.8 Å². The van der Waals surface area contributed by atoms with Crippen molar-refractivity contribution in [2.24, 2.45) is 0 Å². The average Bonchev–Trinajstić information content (AvgIpc) is 3.56. The van der Waals surface area contributed by atoms with Gasteiger partial charge in [0, 0.05) is 41.8 Å². The number of halogens is 2. The van der Waals surface area contributed by atoms with Crippen LogP contribution in [-0.2, 0) is 6.54 Å². The summed E-state index contributed by atoms with van der Waals surface area (Å²) in [6.07, 6.45) is 5.44. The van der Waals surface area contributed by atoms with Crippen molar-refractivity contribution >= 4 is 57.8 Å². The van der Waals surface area contributed by atoms with Crippen LogP contribution in [0.3, 0.4) is 0 Å². The largest absolute Gasteiger partial charge is 0.360 e. The number of rotatable bonds is 7. The Hall–Kier alpha value is -3.39. The van der Waals surface area contributed by atoms with Crippen molar-refractivity contribution in [3.05, 3.63) is 91.9 Å². The summed E-state index contributed by atoms with van der Waals surface area (Å²) in [5.41, 5.74) is 7.60. The standard InChI is InChI=1S/C33H32Cl2N6OS2/c1-21-5-7-22(8-6-21)9-13-25-14-16-29(44-25)31-26(20-36-33(43)37-24-11-12-24)30(32(42)39-40-17-3-2-4-18-40)38-41(31)28-15-10-23(34)19-27(28)35/h5-8,10,14-16,19,24H,2-4,11-12,17-18,20H2,1H3,(H,39,42)(H2,36,37,43). The van der Waals surface area contributed by atoms with E-state index in [1.165, 1.54) is 16.9 Å². The maximum absolute atomic E-state index is 13.8. The van der Waals surface area contributed by atoms with Crippen molar-refractivity contribution < 1.29 is 4.79 Å². The first-order chi connectivity index (χ1) is 21.3. The lowest BCUT2D eigenvalue weighted by molar-refractivity contribution is 0.0743. The Morgan fingerprint density at radius 2 is 1.82 bits per heavy atom. The van der Waals surface area contributed by atoms with Crippen LogP contribution in [0.2, 0.25) is 10.0 Å². The Morgan fingerprint density at radius 1 is 1.05 bits per heavy atom. The van der Waals surface area contributed by atoms with E-state index in [1.807, 2.05) is 35.3 Å². The summed E-state index contributed by atoms with van der Waals surface area (Å²) < 4.78 is 1.74. The third kappa shape index (κ3) is 7.45. The molecular formula is C33H32Cl2N6OS2. The molecule has 11 heteroatoms. The predicted octanol–water partition coefficient (Wildman–Crippen LogP) is 6.87. The molecule has 2 aromatic carbocycles. The van der Waals surface area contributed by atoms with Crippen LogP contribution in [0.1, 0.15) is 64.2 Å². The summed E-state index contributed by atoms with van der Waals surface area (Å²) in [5, 5.41) is 15.0. The van der Waals surface area contributed by atoms with Crippen LogP contribution in [0.5, 0.6) is 0 Å². The van der Waals surface area contributed by atoms with Crippen molar-refractivity contribution in [1.29, 1.82) is 0 Å². The molecule has 44 heavy (non-hydrogen) atoms. The number of benzene rings is 2. The first-order valence-corrected chi connectivity index (χ1v) is 16.7. The zero-order valence-electron chi connectivity index (χ0n) is 24.3. The predicted molar refractivity (Wildman–Crippen MR) is 183 cm³/mol. The van der Waals surface area contributed by atoms with Gasteiger partial charge < -0.3 is 10.6 Å². The Bertz CT molecular complexity index is 1740. The van der Waals surface area contributed by atoms with Crippen LogP contribution in [0.15, 0.2) is 54.6 Å². The van der Waals surface area contributed by atoms with Crippen LogP contribution in [-0.4, -0.2) is 44.9 Å². The molecular weight excluding hydrogens is 631 g/mol. The lowest BCUT2D eigenvalue weighted by Gasteiger charge is -2.26. The number of thiocarbonyl (C=S) groups is 1. The molecule has 0 atom stereocenters. The molecule has 7 nitrogen and oxygen atoms in total. The highest BCUT2D eigenvalue weighted by molar-refractivity contribution is 7.80. The molecule has 3 N–H and O–H groups in total. The number of carbonyl (C=O) groups is 1. The number of aromatic nitrogens is 2. The molecule has 2 fully saturated rings. The lowest BCUT2D eigenvalue weighted by Crippen LogP contribution is -2.45. The minimum absolute atomic E-state index is 0.272. The van der Waals surface area contributed by atoms with E-state index in [2.05, 4.69) is 47.0 Å². The second-order valence-corrected chi connectivity index (χ2v) is 13.4. The van der Waals surface area contributed by atoms with Crippen LogP contribution in [0, 0.1) is 18.8 Å². The summed E-state index contributed by atoms with van der Waals surface area (Å²) in [6.45, 7) is 3.96. The minimum Gasteiger partial charge on any atom is -0.360 e. The number of nitrogens with one attached hydrogen (secondary N) is 3. The summed E-state index contributed by atoms with van der Waals surface area (Å²) in [7, 11) is 0. The zero-order valence-corrected chi connectivity index (χ0v) is 27.4. The van der Waals surface area contributed by atoms with E-state index in [0.717, 1.165) is 66.2 Å². The third-order valence-corrected chi connectivity index (χ3v) is 9.32. The molecule has 1 aliphatic heterocycles. The molecule has 0 spiro atoms. The number of hydrazine groups is 1. The van der Waals surface area contributed by atoms with Crippen LogP contribution >= 0.6 is 46.8 Å². The maximum atomic E-state index is 13.8. The van der Waals surface area contributed by atoms with Crippen molar-refractivity contribution in [2.45, 2.75) is 51.6 Å². The van der Waals surface area contributed by atoms with Gasteiger partial charge in [-0.15, -0.1) is 11.3 Å². The fourth-order valence-electron chi connectivity index (χ4n) is 5.02. The van der Waals surface area contributed by atoms with Gasteiger partial charge in [-0.3, -0.25) is 10.2 Å². The van der Waals surface area contributed by atoms with Gasteiger partial charge in [0.15, 0.2) is 10.8 Å². The zero-order chi connectivity index (χ0) is 30.6. The van der Waals surface area contributed by atoms with E-state index in [4.69, 9.17) is 40.5 Å². The van der Waals surface area contributed by atoms with Gasteiger partial charge in [-0.25, -0.2) is 9.69 Å². The van der Waals surface area contributed by atoms with E-state index in [-0.39, 0.29) is 5.91 Å². The normalized spacial score (nSPS) is 14.9. The number of piperidine rings is 1. The van der Waals surface area contributed by atoms with Crippen molar-refractivity contribution in [3.8, 4) is 28.1 Å². The number of thiophene rings is 1. The molecule has 1 saturated carbocycles.